The molecule has 0 spiro atoms. The normalized spacial score (nSPS) is 13.4. The molecule has 200 valence electrons. The molecule has 0 aliphatic heterocycles. The third kappa shape index (κ3) is 7.88. The first-order valence-electron chi connectivity index (χ1n) is 12.0. The van der Waals surface area contributed by atoms with Crippen LogP contribution in [0.25, 0.3) is 0 Å². The fourth-order valence-corrected chi connectivity index (χ4v) is 4.49. The van der Waals surface area contributed by atoms with Crippen LogP contribution in [0.5, 0.6) is 0 Å². The quantitative estimate of drug-likeness (QED) is 0.177. The molecule has 0 aliphatic rings. The zero-order valence-electron chi connectivity index (χ0n) is 22.0. The van der Waals surface area contributed by atoms with Gasteiger partial charge in [0.1, 0.15) is 0 Å². The molecular formula is C28H29N7O2S2. The molecule has 0 amide bonds. The lowest BCUT2D eigenvalue weighted by Gasteiger charge is -2.10. The van der Waals surface area contributed by atoms with Crippen molar-refractivity contribution < 1.29 is 8.42 Å². The minimum atomic E-state index is -1.04. The van der Waals surface area contributed by atoms with Gasteiger partial charge in [0.2, 0.25) is 5.95 Å². The molecule has 1 heterocycles. The lowest BCUT2D eigenvalue weighted by Crippen LogP contribution is -2.07. The maximum absolute atomic E-state index is 11.7. The van der Waals surface area contributed by atoms with Crippen LogP contribution < -0.4 is 16.2 Å². The summed E-state index contributed by atoms with van der Waals surface area (Å²) in [6.45, 7) is 3.75. The smallest absolute Gasteiger partial charge is 0.231 e. The molecule has 3 N–H and O–H groups in total. The number of benzene rings is 3. The molecule has 39 heavy (non-hydrogen) atoms. The number of anilines is 4. The van der Waals surface area contributed by atoms with E-state index < -0.39 is 21.6 Å². The summed E-state index contributed by atoms with van der Waals surface area (Å²) in [6, 6.07) is 26.2. The number of nitrogens with zero attached hydrogens (tertiary/aromatic N) is 4. The topological polar surface area (TPSA) is 121 Å². The second kappa shape index (κ2) is 13.0. The van der Waals surface area contributed by atoms with Gasteiger partial charge in [-0.3, -0.25) is 19.3 Å². The summed E-state index contributed by atoms with van der Waals surface area (Å²) in [4.78, 5) is 10.6. The zero-order valence-corrected chi connectivity index (χ0v) is 23.6. The fourth-order valence-electron chi connectivity index (χ4n) is 3.46. The first-order chi connectivity index (χ1) is 18.8. The molecule has 0 radical (unpaired) electrons. The van der Waals surface area contributed by atoms with Crippen molar-refractivity contribution in [3.05, 3.63) is 96.1 Å². The molecular weight excluding hydrogens is 530 g/mol. The Bertz CT molecular complexity index is 1450. The van der Waals surface area contributed by atoms with Gasteiger partial charge in [-0.25, -0.2) is 0 Å². The van der Waals surface area contributed by atoms with Crippen molar-refractivity contribution in [1.29, 1.82) is 0 Å². The second-order valence-electron chi connectivity index (χ2n) is 8.53. The van der Waals surface area contributed by atoms with E-state index in [0.29, 0.717) is 17.6 Å². The van der Waals surface area contributed by atoms with Crippen molar-refractivity contribution in [2.45, 2.75) is 23.6 Å². The molecule has 4 rings (SSSR count). The Morgan fingerprint density at radius 3 is 1.51 bits per heavy atom. The predicted molar refractivity (Wildman–Crippen MR) is 161 cm³/mol. The standard InChI is InChI=1S/C28H29N7O2S2/c1-19(21-10-14-24(15-11-21)38(3)36)32-34-26-18-27(31-28(30-26)29-23-8-6-5-7-9-23)35-33-20(2)22-12-16-25(17-13-22)39(4)37/h5-18H,1-4H3,(H3,29,30,31,34,35). The maximum atomic E-state index is 11.7. The lowest BCUT2D eigenvalue weighted by molar-refractivity contribution is 0.686. The largest absolute Gasteiger partial charge is 0.324 e. The van der Waals surface area contributed by atoms with E-state index in [4.69, 9.17) is 0 Å². The van der Waals surface area contributed by atoms with Crippen molar-refractivity contribution >= 4 is 56.3 Å². The van der Waals surface area contributed by atoms with E-state index in [1.54, 1.807) is 18.6 Å². The van der Waals surface area contributed by atoms with Gasteiger partial charge in [-0.05, 0) is 61.4 Å². The first kappa shape index (κ1) is 27.8. The van der Waals surface area contributed by atoms with Gasteiger partial charge in [-0.1, -0.05) is 42.5 Å². The summed E-state index contributed by atoms with van der Waals surface area (Å²) >= 11 is 0. The van der Waals surface area contributed by atoms with Crippen molar-refractivity contribution in [3.63, 3.8) is 0 Å². The van der Waals surface area contributed by atoms with Crippen LogP contribution in [-0.4, -0.2) is 42.3 Å². The minimum absolute atomic E-state index is 0.360. The molecule has 0 saturated heterocycles. The van der Waals surface area contributed by atoms with E-state index in [0.717, 1.165) is 38.0 Å². The van der Waals surface area contributed by atoms with E-state index in [9.17, 15) is 8.42 Å². The van der Waals surface area contributed by atoms with Gasteiger partial charge in [0, 0.05) is 55.7 Å². The summed E-state index contributed by atoms with van der Waals surface area (Å²) in [7, 11) is -2.07. The van der Waals surface area contributed by atoms with E-state index in [1.807, 2.05) is 92.7 Å². The third-order valence-corrected chi connectivity index (χ3v) is 7.51. The molecule has 2 unspecified atom stereocenters. The van der Waals surface area contributed by atoms with Gasteiger partial charge in [0.15, 0.2) is 11.6 Å². The van der Waals surface area contributed by atoms with Crippen molar-refractivity contribution in [3.8, 4) is 0 Å². The number of hydrazone groups is 2. The van der Waals surface area contributed by atoms with Gasteiger partial charge < -0.3 is 5.32 Å². The molecule has 1 aromatic heterocycles. The number of hydrogen-bond donors (Lipinski definition) is 3. The summed E-state index contributed by atoms with van der Waals surface area (Å²) in [5, 5.41) is 12.2. The third-order valence-electron chi connectivity index (χ3n) is 5.64. The summed E-state index contributed by atoms with van der Waals surface area (Å²) < 4.78 is 23.3. The van der Waals surface area contributed by atoms with Gasteiger partial charge in [-0.15, -0.1) is 0 Å². The molecule has 11 heteroatoms. The average Bonchev–Trinajstić information content (AvgIpc) is 2.95. The predicted octanol–water partition coefficient (Wildman–Crippen LogP) is 5.37. The highest BCUT2D eigenvalue weighted by molar-refractivity contribution is 7.84. The molecule has 0 fully saturated rings. The first-order valence-corrected chi connectivity index (χ1v) is 15.1. The number of hydrogen-bond acceptors (Lipinski definition) is 9. The molecule has 0 aliphatic carbocycles. The molecule has 0 bridgehead atoms. The Kier molecular flexibility index (Phi) is 9.29. The van der Waals surface area contributed by atoms with Gasteiger partial charge in [-0.2, -0.15) is 20.2 Å². The van der Waals surface area contributed by atoms with Gasteiger partial charge in [0.05, 0.1) is 11.4 Å². The van der Waals surface area contributed by atoms with Crippen molar-refractivity contribution in [2.24, 2.45) is 10.2 Å². The highest BCUT2D eigenvalue weighted by Gasteiger charge is 2.07. The Balaban J connectivity index is 1.57. The van der Waals surface area contributed by atoms with Crippen LogP contribution in [0, 0.1) is 0 Å². The lowest BCUT2D eigenvalue weighted by atomic mass is 10.1. The SMILES string of the molecule is CC(=NNc1cc(NN=C(C)c2ccc(S(C)=O)cc2)nc(Nc2ccccc2)n1)c1ccc(S(C)=O)cc1. The molecule has 9 nitrogen and oxygen atoms in total. The summed E-state index contributed by atoms with van der Waals surface area (Å²) in [6.07, 6.45) is 3.30. The highest BCUT2D eigenvalue weighted by atomic mass is 32.2. The van der Waals surface area contributed by atoms with Crippen molar-refractivity contribution in [1.82, 2.24) is 9.97 Å². The van der Waals surface area contributed by atoms with Crippen molar-refractivity contribution in [2.75, 3.05) is 28.7 Å². The van der Waals surface area contributed by atoms with Crippen LogP contribution in [0.2, 0.25) is 0 Å². The molecule has 2 atom stereocenters. The van der Waals surface area contributed by atoms with E-state index in [-0.39, 0.29) is 0 Å². The van der Waals surface area contributed by atoms with Crippen LogP contribution >= 0.6 is 0 Å². The average molecular weight is 560 g/mol. The Hall–Kier alpha value is -4.22. The monoisotopic (exact) mass is 559 g/mol. The van der Waals surface area contributed by atoms with Crippen LogP contribution in [0.1, 0.15) is 25.0 Å². The number of nitrogens with one attached hydrogen (secondary N) is 3. The van der Waals surface area contributed by atoms with Gasteiger partial charge >= 0.3 is 0 Å². The highest BCUT2D eigenvalue weighted by Crippen LogP contribution is 2.19. The summed E-state index contributed by atoms with van der Waals surface area (Å²) in [5.74, 6) is 1.28. The number of aromatic nitrogens is 2. The van der Waals surface area contributed by atoms with Crippen LogP contribution in [-0.2, 0) is 21.6 Å². The molecule has 3 aromatic carbocycles. The zero-order chi connectivity index (χ0) is 27.8. The van der Waals surface area contributed by atoms with Gasteiger partial charge in [0.25, 0.3) is 0 Å². The molecule has 0 saturated carbocycles. The van der Waals surface area contributed by atoms with E-state index in [2.05, 4.69) is 36.3 Å². The number of rotatable bonds is 10. The second-order valence-corrected chi connectivity index (χ2v) is 11.3. The Morgan fingerprint density at radius 1 is 0.667 bits per heavy atom. The summed E-state index contributed by atoms with van der Waals surface area (Å²) in [5.41, 5.74) is 10.1. The minimum Gasteiger partial charge on any atom is -0.324 e. The van der Waals surface area contributed by atoms with E-state index in [1.165, 1.54) is 0 Å². The fraction of sp³-hybridized carbons (Fsp3) is 0.143. The number of para-hydroxylation sites is 1. The maximum Gasteiger partial charge on any atom is 0.231 e. The van der Waals surface area contributed by atoms with Crippen LogP contribution in [0.3, 0.4) is 0 Å². The Morgan fingerprint density at radius 2 is 1.10 bits per heavy atom. The van der Waals surface area contributed by atoms with E-state index >= 15 is 0 Å². The Labute approximate surface area is 232 Å². The van der Waals surface area contributed by atoms with Crippen LogP contribution in [0.15, 0.2) is 105 Å². The molecule has 4 aromatic rings. The van der Waals surface area contributed by atoms with Crippen LogP contribution in [0.4, 0.5) is 23.3 Å².